The summed E-state index contributed by atoms with van der Waals surface area (Å²) in [6, 6.07) is 8.43. The van der Waals surface area contributed by atoms with E-state index < -0.39 is 0 Å². The lowest BCUT2D eigenvalue weighted by Crippen LogP contribution is -2.40. The maximum Gasteiger partial charge on any atom is 0.221 e. The van der Waals surface area contributed by atoms with Crippen LogP contribution in [0.2, 0.25) is 0 Å². The van der Waals surface area contributed by atoms with Gasteiger partial charge in [0.25, 0.3) is 0 Å². The number of likely N-dealkylation sites (tertiary alicyclic amines) is 1. The molecule has 1 unspecified atom stereocenters. The van der Waals surface area contributed by atoms with Gasteiger partial charge in [0, 0.05) is 19.6 Å². The summed E-state index contributed by atoms with van der Waals surface area (Å²) in [5, 5.41) is 3.18. The molecule has 28 heavy (non-hydrogen) atoms. The Labute approximate surface area is 186 Å². The number of primary amides is 1. The van der Waals surface area contributed by atoms with Crippen LogP contribution in [0.4, 0.5) is 0 Å². The average Bonchev–Trinajstić information content (AvgIpc) is 2.67. The highest BCUT2D eigenvalue weighted by Gasteiger charge is 2.23. The number of nitrogens with two attached hydrogens (primary N) is 2. The highest BCUT2D eigenvalue weighted by molar-refractivity contribution is 14.0. The van der Waals surface area contributed by atoms with Crippen LogP contribution in [0.3, 0.4) is 0 Å². The van der Waals surface area contributed by atoms with Crippen LogP contribution in [0.25, 0.3) is 0 Å². The van der Waals surface area contributed by atoms with Gasteiger partial charge in [-0.25, -0.2) is 4.99 Å². The number of carbonyl (C=O) groups excluding carboxylic acids is 1. The van der Waals surface area contributed by atoms with E-state index in [1.54, 1.807) is 0 Å². The van der Waals surface area contributed by atoms with E-state index >= 15 is 0 Å². The molecule has 1 heterocycles. The molecule has 1 aromatic rings. The summed E-state index contributed by atoms with van der Waals surface area (Å²) in [5.74, 6) is 0.312. The number of piperidine rings is 1. The second-order valence-electron chi connectivity index (χ2n) is 7.49. The van der Waals surface area contributed by atoms with Crippen LogP contribution >= 0.6 is 24.0 Å². The normalized spacial score (nSPS) is 17.8. The first kappa shape index (κ1) is 24.7. The Kier molecular flexibility index (Phi) is 12.1. The van der Waals surface area contributed by atoms with Crippen molar-refractivity contribution in [1.82, 2.24) is 10.2 Å². The van der Waals surface area contributed by atoms with Crippen LogP contribution in [-0.4, -0.2) is 36.4 Å². The predicted octanol–water partition coefficient (Wildman–Crippen LogP) is 2.99. The molecule has 1 aliphatic rings. The van der Waals surface area contributed by atoms with E-state index in [4.69, 9.17) is 11.5 Å². The lowest BCUT2D eigenvalue weighted by molar-refractivity contribution is -0.123. The number of aliphatic imine (C=N–C) groups is 1. The number of hydrogen-bond acceptors (Lipinski definition) is 3. The van der Waals surface area contributed by atoms with Gasteiger partial charge in [-0.1, -0.05) is 50.5 Å². The number of nitrogens with zero attached hydrogens (tertiary/aromatic N) is 2. The zero-order valence-electron chi connectivity index (χ0n) is 17.0. The Hall–Kier alpha value is -1.35. The third kappa shape index (κ3) is 9.23. The van der Waals surface area contributed by atoms with Crippen molar-refractivity contribution >= 4 is 35.8 Å². The summed E-state index contributed by atoms with van der Waals surface area (Å²) in [5.41, 5.74) is 13.8. The number of guanidine groups is 1. The van der Waals surface area contributed by atoms with Crippen molar-refractivity contribution in [2.24, 2.45) is 22.4 Å². The maximum absolute atomic E-state index is 11.4. The zero-order valence-corrected chi connectivity index (χ0v) is 19.4. The number of carbonyl (C=O) groups is 1. The molecule has 6 nitrogen and oxygen atoms in total. The molecule has 1 saturated heterocycles. The maximum atomic E-state index is 11.4. The van der Waals surface area contributed by atoms with Gasteiger partial charge in [0.1, 0.15) is 0 Å². The smallest absolute Gasteiger partial charge is 0.221 e. The Morgan fingerprint density at radius 1 is 1.25 bits per heavy atom. The molecule has 1 aromatic carbocycles. The topological polar surface area (TPSA) is 96.7 Å². The Morgan fingerprint density at radius 3 is 2.79 bits per heavy atom. The predicted molar refractivity (Wildman–Crippen MR) is 127 cm³/mol. The highest BCUT2D eigenvalue weighted by atomic mass is 127. The fourth-order valence-corrected chi connectivity index (χ4v) is 3.52. The minimum absolute atomic E-state index is 0. The Morgan fingerprint density at radius 2 is 2.04 bits per heavy atom. The molecule has 1 aliphatic heterocycles. The largest absolute Gasteiger partial charge is 0.370 e. The zero-order chi connectivity index (χ0) is 19.5. The molecule has 1 fully saturated rings. The van der Waals surface area contributed by atoms with Crippen LogP contribution in [0, 0.1) is 5.92 Å². The van der Waals surface area contributed by atoms with E-state index in [0.29, 0.717) is 12.5 Å². The molecular formula is C21H36IN5O. The van der Waals surface area contributed by atoms with Gasteiger partial charge in [-0.15, -0.1) is 24.0 Å². The molecule has 7 heteroatoms. The first-order chi connectivity index (χ1) is 13.1. The van der Waals surface area contributed by atoms with Crippen molar-refractivity contribution in [3.8, 4) is 0 Å². The van der Waals surface area contributed by atoms with Crippen LogP contribution in [0.1, 0.15) is 56.6 Å². The van der Waals surface area contributed by atoms with Crippen LogP contribution in [0.15, 0.2) is 29.3 Å². The summed E-state index contributed by atoms with van der Waals surface area (Å²) in [6.45, 7) is 6.27. The Bertz CT molecular complexity index is 623. The molecule has 0 aromatic heterocycles. The second-order valence-corrected chi connectivity index (χ2v) is 7.49. The van der Waals surface area contributed by atoms with E-state index in [1.165, 1.54) is 24.8 Å². The monoisotopic (exact) mass is 501 g/mol. The molecule has 0 bridgehead atoms. The molecule has 158 valence electrons. The van der Waals surface area contributed by atoms with E-state index in [2.05, 4.69) is 46.4 Å². The van der Waals surface area contributed by atoms with Crippen molar-refractivity contribution in [2.45, 2.75) is 58.5 Å². The second kappa shape index (κ2) is 13.8. The van der Waals surface area contributed by atoms with E-state index in [0.717, 1.165) is 51.0 Å². The van der Waals surface area contributed by atoms with E-state index in [-0.39, 0.29) is 35.8 Å². The number of unbranched alkanes of at least 4 members (excludes halogenated alkanes) is 3. The summed E-state index contributed by atoms with van der Waals surface area (Å²) >= 11 is 0. The number of hydrogen-bond donors (Lipinski definition) is 3. The number of halogens is 1. The number of nitrogens with one attached hydrogen (secondary N) is 1. The van der Waals surface area contributed by atoms with Gasteiger partial charge in [-0.05, 0) is 36.9 Å². The number of amides is 1. The first-order valence-electron chi connectivity index (χ1n) is 10.2. The van der Waals surface area contributed by atoms with Gasteiger partial charge in [-0.3, -0.25) is 9.69 Å². The summed E-state index contributed by atoms with van der Waals surface area (Å²) in [6.07, 6.45) is 6.79. The van der Waals surface area contributed by atoms with Crippen molar-refractivity contribution in [3.05, 3.63) is 35.4 Å². The van der Waals surface area contributed by atoms with Crippen molar-refractivity contribution in [2.75, 3.05) is 19.6 Å². The summed E-state index contributed by atoms with van der Waals surface area (Å²) in [7, 11) is 0. The third-order valence-electron chi connectivity index (χ3n) is 5.07. The summed E-state index contributed by atoms with van der Waals surface area (Å²) < 4.78 is 0. The molecule has 0 aliphatic carbocycles. The Balaban J connectivity index is 0.00000392. The van der Waals surface area contributed by atoms with E-state index in [1.807, 2.05) is 0 Å². The molecule has 2 rings (SSSR count). The molecule has 1 atom stereocenters. The van der Waals surface area contributed by atoms with Gasteiger partial charge in [-0.2, -0.15) is 0 Å². The minimum atomic E-state index is -0.180. The van der Waals surface area contributed by atoms with Gasteiger partial charge in [0.15, 0.2) is 5.96 Å². The lowest BCUT2D eigenvalue weighted by Gasteiger charge is -2.31. The van der Waals surface area contributed by atoms with Gasteiger partial charge in [0.05, 0.1) is 12.5 Å². The van der Waals surface area contributed by atoms with Gasteiger partial charge in [0.2, 0.25) is 5.91 Å². The molecule has 1 amide bonds. The highest BCUT2D eigenvalue weighted by Crippen LogP contribution is 2.19. The SMILES string of the molecule is CCCCCCNC(N)=NCc1cccc(CN2CCCC(C(N)=O)C2)c1.I. The standard InChI is InChI=1S/C21H35N5O.HI/c1-2-3-4-5-11-24-21(23)25-14-17-8-6-9-18(13-17)15-26-12-7-10-19(16-26)20(22)27;/h6,8-9,13,19H,2-5,7,10-12,14-16H2,1H3,(H2,22,27)(H3,23,24,25);1H. The van der Waals surface area contributed by atoms with E-state index in [9.17, 15) is 4.79 Å². The molecule has 0 radical (unpaired) electrons. The van der Waals surface area contributed by atoms with Gasteiger partial charge >= 0.3 is 0 Å². The van der Waals surface area contributed by atoms with Crippen molar-refractivity contribution in [3.63, 3.8) is 0 Å². The first-order valence-corrected chi connectivity index (χ1v) is 10.2. The average molecular weight is 501 g/mol. The lowest BCUT2D eigenvalue weighted by atomic mass is 9.97. The quantitative estimate of drug-likeness (QED) is 0.199. The third-order valence-corrected chi connectivity index (χ3v) is 5.07. The fourth-order valence-electron chi connectivity index (χ4n) is 3.52. The minimum Gasteiger partial charge on any atom is -0.370 e. The molecule has 0 spiro atoms. The fraction of sp³-hybridized carbons (Fsp3) is 0.619. The van der Waals surface area contributed by atoms with Crippen LogP contribution in [-0.2, 0) is 17.9 Å². The van der Waals surface area contributed by atoms with Crippen LogP contribution in [0.5, 0.6) is 0 Å². The van der Waals surface area contributed by atoms with Gasteiger partial charge < -0.3 is 16.8 Å². The van der Waals surface area contributed by atoms with Crippen LogP contribution < -0.4 is 16.8 Å². The van der Waals surface area contributed by atoms with Crippen molar-refractivity contribution < 1.29 is 4.79 Å². The number of rotatable bonds is 10. The molecular weight excluding hydrogens is 465 g/mol. The van der Waals surface area contributed by atoms with Crippen molar-refractivity contribution in [1.29, 1.82) is 0 Å². The number of benzene rings is 1. The summed E-state index contributed by atoms with van der Waals surface area (Å²) in [4.78, 5) is 18.2. The molecule has 0 saturated carbocycles. The molecule has 5 N–H and O–H groups in total.